The van der Waals surface area contributed by atoms with Gasteiger partial charge in [0.25, 0.3) is 0 Å². The summed E-state index contributed by atoms with van der Waals surface area (Å²) >= 11 is 1.71. The van der Waals surface area contributed by atoms with Crippen LogP contribution in [0.1, 0.15) is 31.7 Å². The van der Waals surface area contributed by atoms with Crippen molar-refractivity contribution in [2.24, 2.45) is 5.92 Å². The minimum Gasteiger partial charge on any atom is -0.369 e. The number of fused-ring (bicyclic) bond motifs is 1. The molecule has 3 aromatic heterocycles. The molecule has 0 atom stereocenters. The van der Waals surface area contributed by atoms with Crippen LogP contribution in [0.4, 0.5) is 11.8 Å². The van der Waals surface area contributed by atoms with Gasteiger partial charge in [-0.15, -0.1) is 11.3 Å². The SMILES string of the molecule is Cc1nc(NCCCNc2ncccn2)c2c(CC(C)C)csc2n1. The first-order valence-corrected chi connectivity index (χ1v) is 9.51. The summed E-state index contributed by atoms with van der Waals surface area (Å²) in [4.78, 5) is 18.6. The summed E-state index contributed by atoms with van der Waals surface area (Å²) < 4.78 is 0. The molecule has 2 N–H and O–H groups in total. The van der Waals surface area contributed by atoms with Gasteiger partial charge in [-0.3, -0.25) is 0 Å². The van der Waals surface area contributed by atoms with Gasteiger partial charge in [-0.1, -0.05) is 13.8 Å². The number of aryl methyl sites for hydroxylation is 1. The van der Waals surface area contributed by atoms with E-state index >= 15 is 0 Å². The Bertz CT molecular complexity index is 815. The monoisotopic (exact) mass is 356 g/mol. The predicted molar refractivity (Wildman–Crippen MR) is 104 cm³/mol. The van der Waals surface area contributed by atoms with Crippen LogP contribution >= 0.6 is 11.3 Å². The van der Waals surface area contributed by atoms with E-state index in [-0.39, 0.29) is 0 Å². The molecular weight excluding hydrogens is 332 g/mol. The lowest BCUT2D eigenvalue weighted by Gasteiger charge is -2.11. The molecule has 3 rings (SSSR count). The van der Waals surface area contributed by atoms with Crippen molar-refractivity contribution in [3.8, 4) is 0 Å². The van der Waals surface area contributed by atoms with Crippen LogP contribution in [0.2, 0.25) is 0 Å². The van der Waals surface area contributed by atoms with Crippen LogP contribution < -0.4 is 10.6 Å². The first kappa shape index (κ1) is 17.5. The van der Waals surface area contributed by atoms with Gasteiger partial charge in [0.1, 0.15) is 16.5 Å². The molecule has 0 spiro atoms. The number of nitrogens with zero attached hydrogens (tertiary/aromatic N) is 4. The maximum absolute atomic E-state index is 4.64. The largest absolute Gasteiger partial charge is 0.369 e. The third kappa shape index (κ3) is 4.63. The van der Waals surface area contributed by atoms with E-state index in [1.165, 1.54) is 10.9 Å². The van der Waals surface area contributed by atoms with Crippen LogP contribution in [0.15, 0.2) is 23.8 Å². The number of nitrogens with one attached hydrogen (secondary N) is 2. The molecule has 0 bridgehead atoms. The lowest BCUT2D eigenvalue weighted by atomic mass is 10.0. The molecule has 0 fully saturated rings. The molecule has 6 nitrogen and oxygen atoms in total. The molecule has 25 heavy (non-hydrogen) atoms. The highest BCUT2D eigenvalue weighted by atomic mass is 32.1. The molecule has 3 heterocycles. The number of aromatic nitrogens is 4. The van der Waals surface area contributed by atoms with Crippen molar-refractivity contribution in [3.05, 3.63) is 35.2 Å². The standard InChI is InChI=1S/C18H24N6S/c1-12(2)10-14-11-25-17-15(14)16(23-13(3)24-17)19-6-4-7-20-18-21-8-5-9-22-18/h5,8-9,11-12H,4,6-7,10H2,1-3H3,(H,19,23,24)(H,20,21,22). The van der Waals surface area contributed by atoms with E-state index in [2.05, 4.69) is 49.8 Å². The van der Waals surface area contributed by atoms with Gasteiger partial charge in [0, 0.05) is 25.5 Å². The van der Waals surface area contributed by atoms with Crippen LogP contribution in [0.25, 0.3) is 10.2 Å². The van der Waals surface area contributed by atoms with E-state index in [0.29, 0.717) is 11.9 Å². The van der Waals surface area contributed by atoms with Gasteiger partial charge < -0.3 is 10.6 Å². The lowest BCUT2D eigenvalue weighted by Crippen LogP contribution is -2.12. The summed E-state index contributed by atoms with van der Waals surface area (Å²) in [6.45, 7) is 8.07. The average molecular weight is 356 g/mol. The fourth-order valence-corrected chi connectivity index (χ4v) is 3.71. The van der Waals surface area contributed by atoms with Gasteiger partial charge in [-0.05, 0) is 42.7 Å². The molecule has 0 amide bonds. The van der Waals surface area contributed by atoms with Crippen LogP contribution in [0.5, 0.6) is 0 Å². The number of hydrogen-bond donors (Lipinski definition) is 2. The van der Waals surface area contributed by atoms with Crippen molar-refractivity contribution in [1.82, 2.24) is 19.9 Å². The first-order valence-electron chi connectivity index (χ1n) is 8.63. The van der Waals surface area contributed by atoms with Crippen molar-refractivity contribution in [2.45, 2.75) is 33.6 Å². The molecule has 7 heteroatoms. The topological polar surface area (TPSA) is 75.6 Å². The summed E-state index contributed by atoms with van der Waals surface area (Å²) in [5.41, 5.74) is 1.34. The minimum absolute atomic E-state index is 0.613. The Morgan fingerprint density at radius 2 is 1.84 bits per heavy atom. The van der Waals surface area contributed by atoms with Crippen LogP contribution in [-0.4, -0.2) is 33.0 Å². The van der Waals surface area contributed by atoms with E-state index in [4.69, 9.17) is 0 Å². The first-order chi connectivity index (χ1) is 12.1. The Morgan fingerprint density at radius 3 is 2.60 bits per heavy atom. The number of anilines is 2. The molecule has 0 aliphatic rings. The zero-order valence-electron chi connectivity index (χ0n) is 14.9. The Labute approximate surface area is 152 Å². The maximum atomic E-state index is 4.64. The van der Waals surface area contributed by atoms with Crippen molar-refractivity contribution >= 4 is 33.3 Å². The van der Waals surface area contributed by atoms with Gasteiger partial charge in [0.05, 0.1) is 5.39 Å². The van der Waals surface area contributed by atoms with Gasteiger partial charge in [0.2, 0.25) is 5.95 Å². The predicted octanol–water partition coefficient (Wildman–Crippen LogP) is 3.90. The number of hydrogen-bond acceptors (Lipinski definition) is 7. The van der Waals surface area contributed by atoms with Gasteiger partial charge in [-0.25, -0.2) is 19.9 Å². The number of rotatable bonds is 8. The molecule has 0 saturated carbocycles. The van der Waals surface area contributed by atoms with E-state index in [1.54, 1.807) is 23.7 Å². The normalized spacial score (nSPS) is 11.2. The minimum atomic E-state index is 0.613. The van der Waals surface area contributed by atoms with E-state index < -0.39 is 0 Å². The molecule has 0 aliphatic heterocycles. The summed E-state index contributed by atoms with van der Waals surface area (Å²) in [6.07, 6.45) is 5.47. The van der Waals surface area contributed by atoms with E-state index in [1.807, 2.05) is 13.0 Å². The fraction of sp³-hybridized carbons (Fsp3) is 0.444. The summed E-state index contributed by atoms with van der Waals surface area (Å²) in [5, 5.41) is 10.1. The third-order valence-corrected chi connectivity index (χ3v) is 4.67. The Morgan fingerprint density at radius 1 is 1.08 bits per heavy atom. The van der Waals surface area contributed by atoms with Crippen molar-refractivity contribution in [2.75, 3.05) is 23.7 Å². The van der Waals surface area contributed by atoms with Gasteiger partial charge >= 0.3 is 0 Å². The summed E-state index contributed by atoms with van der Waals surface area (Å²) in [7, 11) is 0. The Hall–Kier alpha value is -2.28. The quantitative estimate of drug-likeness (QED) is 0.596. The highest BCUT2D eigenvalue weighted by molar-refractivity contribution is 7.17. The summed E-state index contributed by atoms with van der Waals surface area (Å²) in [5.74, 6) is 3.04. The van der Waals surface area contributed by atoms with Gasteiger partial charge in [-0.2, -0.15) is 0 Å². The van der Waals surface area contributed by atoms with E-state index in [0.717, 1.165) is 42.4 Å². The Balaban J connectivity index is 1.63. The smallest absolute Gasteiger partial charge is 0.222 e. The third-order valence-electron chi connectivity index (χ3n) is 3.74. The number of thiophene rings is 1. The van der Waals surface area contributed by atoms with Crippen molar-refractivity contribution in [1.29, 1.82) is 0 Å². The highest BCUT2D eigenvalue weighted by Crippen LogP contribution is 2.31. The second-order valence-electron chi connectivity index (χ2n) is 6.44. The van der Waals surface area contributed by atoms with E-state index in [9.17, 15) is 0 Å². The molecule has 0 unspecified atom stereocenters. The molecule has 0 radical (unpaired) electrons. The zero-order valence-corrected chi connectivity index (χ0v) is 15.7. The highest BCUT2D eigenvalue weighted by Gasteiger charge is 2.13. The van der Waals surface area contributed by atoms with Crippen LogP contribution in [0.3, 0.4) is 0 Å². The fourth-order valence-electron chi connectivity index (χ4n) is 2.71. The zero-order chi connectivity index (χ0) is 17.6. The molecule has 0 aliphatic carbocycles. The van der Waals surface area contributed by atoms with Crippen LogP contribution in [-0.2, 0) is 6.42 Å². The van der Waals surface area contributed by atoms with Crippen molar-refractivity contribution in [3.63, 3.8) is 0 Å². The molecule has 3 aromatic rings. The van der Waals surface area contributed by atoms with Crippen molar-refractivity contribution < 1.29 is 0 Å². The Kier molecular flexibility index (Phi) is 5.75. The second-order valence-corrected chi connectivity index (χ2v) is 7.30. The molecule has 0 aromatic carbocycles. The van der Waals surface area contributed by atoms with Gasteiger partial charge in [0.15, 0.2) is 0 Å². The molecule has 132 valence electrons. The molecule has 0 saturated heterocycles. The second kappa shape index (κ2) is 8.20. The summed E-state index contributed by atoms with van der Waals surface area (Å²) in [6, 6.07) is 1.81. The van der Waals surface area contributed by atoms with Crippen LogP contribution in [0, 0.1) is 12.8 Å². The lowest BCUT2D eigenvalue weighted by molar-refractivity contribution is 0.651. The maximum Gasteiger partial charge on any atom is 0.222 e. The molecular formula is C18H24N6S. The average Bonchev–Trinajstić information content (AvgIpc) is 2.97.